The molecule has 0 aliphatic carbocycles. The third kappa shape index (κ3) is 6.33. The zero-order valence-corrected chi connectivity index (χ0v) is 20.1. The van der Waals surface area contributed by atoms with Crippen LogP contribution in [0.3, 0.4) is 0 Å². The molecule has 34 heavy (non-hydrogen) atoms. The summed E-state index contributed by atoms with van der Waals surface area (Å²) in [6, 6.07) is 27.3. The number of rotatable bonds is 7. The van der Waals surface area contributed by atoms with E-state index in [1.54, 1.807) is 6.08 Å². The molecule has 6 heteroatoms. The molecule has 1 aliphatic heterocycles. The number of piperazine rings is 1. The molecule has 0 bridgehead atoms. The second-order valence-electron chi connectivity index (χ2n) is 8.61. The largest absolute Gasteiger partial charge is 0.297 e. The van der Waals surface area contributed by atoms with Crippen LogP contribution < -0.4 is 0 Å². The van der Waals surface area contributed by atoms with Crippen molar-refractivity contribution in [2.24, 2.45) is 0 Å². The van der Waals surface area contributed by atoms with Crippen molar-refractivity contribution < 1.29 is 10.0 Å². The van der Waals surface area contributed by atoms with Gasteiger partial charge in [-0.05, 0) is 40.5 Å². The Hall–Kier alpha value is -2.96. The van der Waals surface area contributed by atoms with E-state index in [-0.39, 0.29) is 6.04 Å². The van der Waals surface area contributed by atoms with Gasteiger partial charge in [-0.1, -0.05) is 78.3 Å². The number of hydroxylamine groups is 2. The van der Waals surface area contributed by atoms with E-state index in [1.165, 1.54) is 29.8 Å². The maximum Gasteiger partial charge on any atom is 0.269 e. The van der Waals surface area contributed by atoms with E-state index < -0.39 is 5.91 Å². The van der Waals surface area contributed by atoms with Crippen molar-refractivity contribution in [3.05, 3.63) is 112 Å². The van der Waals surface area contributed by atoms with E-state index >= 15 is 0 Å². The number of halogens is 1. The average molecular weight is 476 g/mol. The van der Waals surface area contributed by atoms with E-state index in [1.807, 2.05) is 24.3 Å². The summed E-state index contributed by atoms with van der Waals surface area (Å²) in [5.74, 6) is -0.450. The predicted octanol–water partition coefficient (Wildman–Crippen LogP) is 5.11. The van der Waals surface area contributed by atoms with Crippen molar-refractivity contribution in [2.75, 3.05) is 33.2 Å². The van der Waals surface area contributed by atoms with Crippen LogP contribution in [0.1, 0.15) is 28.3 Å². The molecule has 3 aromatic rings. The smallest absolute Gasteiger partial charge is 0.269 e. The number of nitrogens with zero attached hydrogens (tertiary/aromatic N) is 3. The van der Waals surface area contributed by atoms with Crippen LogP contribution in [0.25, 0.3) is 6.08 Å². The molecule has 0 aromatic heterocycles. The fourth-order valence-electron chi connectivity index (χ4n) is 4.34. The first-order valence-electron chi connectivity index (χ1n) is 11.5. The van der Waals surface area contributed by atoms with Crippen LogP contribution >= 0.6 is 11.6 Å². The van der Waals surface area contributed by atoms with Crippen LogP contribution in [0.4, 0.5) is 0 Å². The fraction of sp³-hybridized carbons (Fsp3) is 0.250. The van der Waals surface area contributed by atoms with Crippen molar-refractivity contribution in [3.8, 4) is 0 Å². The SMILES string of the molecule is CN(O)C(=O)C=Cc1ccc(CN2CCN(C(c3ccccc3)c3ccc(Cl)cc3)CC2)cc1. The zero-order valence-electron chi connectivity index (χ0n) is 19.3. The Morgan fingerprint density at radius 2 is 1.56 bits per heavy atom. The van der Waals surface area contributed by atoms with Gasteiger partial charge < -0.3 is 0 Å². The van der Waals surface area contributed by atoms with E-state index in [0.29, 0.717) is 5.06 Å². The molecule has 1 N–H and O–H groups in total. The molecule has 1 aliphatic rings. The van der Waals surface area contributed by atoms with Gasteiger partial charge in [0.25, 0.3) is 5.91 Å². The first kappa shape index (κ1) is 24.2. The summed E-state index contributed by atoms with van der Waals surface area (Å²) < 4.78 is 0. The number of benzene rings is 3. The molecule has 1 amide bonds. The Morgan fingerprint density at radius 1 is 0.941 bits per heavy atom. The second-order valence-corrected chi connectivity index (χ2v) is 9.05. The lowest BCUT2D eigenvalue weighted by molar-refractivity contribution is -0.153. The molecule has 0 radical (unpaired) electrons. The molecular formula is C28H30ClN3O2. The Morgan fingerprint density at radius 3 is 2.18 bits per heavy atom. The number of amides is 1. The summed E-state index contributed by atoms with van der Waals surface area (Å²) in [6.07, 6.45) is 3.07. The molecule has 3 aromatic carbocycles. The normalized spacial score (nSPS) is 16.0. The highest BCUT2D eigenvalue weighted by Crippen LogP contribution is 2.30. The first-order valence-corrected chi connectivity index (χ1v) is 11.9. The van der Waals surface area contributed by atoms with Gasteiger partial charge in [0.2, 0.25) is 0 Å². The highest BCUT2D eigenvalue weighted by atomic mass is 35.5. The molecule has 5 nitrogen and oxygen atoms in total. The van der Waals surface area contributed by atoms with Crippen LogP contribution in [-0.2, 0) is 11.3 Å². The van der Waals surface area contributed by atoms with E-state index in [2.05, 4.69) is 64.4 Å². The van der Waals surface area contributed by atoms with Crippen molar-refractivity contribution in [3.63, 3.8) is 0 Å². The number of carbonyl (C=O) groups is 1. The van der Waals surface area contributed by atoms with E-state index in [4.69, 9.17) is 16.8 Å². The van der Waals surface area contributed by atoms with Gasteiger partial charge in [0.05, 0.1) is 6.04 Å². The summed E-state index contributed by atoms with van der Waals surface area (Å²) in [5.41, 5.74) is 4.73. The minimum absolute atomic E-state index is 0.215. The molecule has 4 rings (SSSR count). The number of likely N-dealkylation sites (N-methyl/N-ethyl adjacent to an activating group) is 1. The molecule has 0 spiro atoms. The van der Waals surface area contributed by atoms with Crippen molar-refractivity contribution in [1.29, 1.82) is 0 Å². The summed E-state index contributed by atoms with van der Waals surface area (Å²) in [5, 5.41) is 10.5. The molecule has 0 saturated carbocycles. The third-order valence-electron chi connectivity index (χ3n) is 6.20. The molecule has 1 unspecified atom stereocenters. The molecule has 176 valence electrons. The number of hydrogen-bond acceptors (Lipinski definition) is 4. The molecule has 1 fully saturated rings. The van der Waals surface area contributed by atoms with Crippen LogP contribution in [0.5, 0.6) is 0 Å². The van der Waals surface area contributed by atoms with Crippen LogP contribution in [-0.4, -0.2) is 59.2 Å². The number of carbonyl (C=O) groups excluding carboxylic acids is 1. The predicted molar refractivity (Wildman–Crippen MR) is 137 cm³/mol. The lowest BCUT2D eigenvalue weighted by atomic mass is 9.96. The minimum Gasteiger partial charge on any atom is -0.297 e. The van der Waals surface area contributed by atoms with Crippen molar-refractivity contribution in [2.45, 2.75) is 12.6 Å². The van der Waals surface area contributed by atoms with Crippen LogP contribution in [0.15, 0.2) is 84.9 Å². The van der Waals surface area contributed by atoms with Gasteiger partial charge in [-0.15, -0.1) is 0 Å². The number of hydrogen-bond donors (Lipinski definition) is 1. The lowest BCUT2D eigenvalue weighted by Crippen LogP contribution is -2.47. The van der Waals surface area contributed by atoms with Crippen LogP contribution in [0.2, 0.25) is 5.02 Å². The molecule has 1 heterocycles. The van der Waals surface area contributed by atoms with Crippen molar-refractivity contribution >= 4 is 23.6 Å². The Kier molecular flexibility index (Phi) is 8.14. The van der Waals surface area contributed by atoms with Gasteiger partial charge in [0, 0.05) is 50.9 Å². The van der Waals surface area contributed by atoms with Crippen molar-refractivity contribution in [1.82, 2.24) is 14.9 Å². The molecule has 1 atom stereocenters. The zero-order chi connectivity index (χ0) is 23.9. The van der Waals surface area contributed by atoms with Gasteiger partial charge in [-0.3, -0.25) is 19.8 Å². The summed E-state index contributed by atoms with van der Waals surface area (Å²) in [6.45, 7) is 4.86. The Balaban J connectivity index is 1.38. The van der Waals surface area contributed by atoms with Gasteiger partial charge >= 0.3 is 0 Å². The fourth-order valence-corrected chi connectivity index (χ4v) is 4.47. The second kappa shape index (κ2) is 11.4. The van der Waals surface area contributed by atoms with Gasteiger partial charge in [0.1, 0.15) is 0 Å². The van der Waals surface area contributed by atoms with Gasteiger partial charge in [0.15, 0.2) is 0 Å². The van der Waals surface area contributed by atoms with Crippen LogP contribution in [0, 0.1) is 0 Å². The average Bonchev–Trinajstić information content (AvgIpc) is 2.86. The standard InChI is InChI=1S/C28H30ClN3O2/c1-30(34)27(33)16-11-22-7-9-23(10-8-22)21-31-17-19-32(20-18-31)28(24-5-3-2-4-6-24)25-12-14-26(29)15-13-25/h2-16,28,34H,17-21H2,1H3. The maximum atomic E-state index is 11.5. The molecule has 1 saturated heterocycles. The third-order valence-corrected chi connectivity index (χ3v) is 6.45. The summed E-state index contributed by atoms with van der Waals surface area (Å²) in [7, 11) is 1.31. The maximum absolute atomic E-state index is 11.5. The highest BCUT2D eigenvalue weighted by Gasteiger charge is 2.26. The van der Waals surface area contributed by atoms with Gasteiger partial charge in [-0.2, -0.15) is 0 Å². The lowest BCUT2D eigenvalue weighted by Gasteiger charge is -2.40. The Labute approximate surface area is 206 Å². The minimum atomic E-state index is -0.450. The topological polar surface area (TPSA) is 47.0 Å². The first-order chi connectivity index (χ1) is 16.5. The van der Waals surface area contributed by atoms with Gasteiger partial charge in [-0.25, -0.2) is 5.06 Å². The summed E-state index contributed by atoms with van der Waals surface area (Å²) in [4.78, 5) is 16.5. The molecular weight excluding hydrogens is 446 g/mol. The monoisotopic (exact) mass is 475 g/mol. The Bertz CT molecular complexity index is 1090. The quantitative estimate of drug-likeness (QED) is 0.293. The summed E-state index contributed by atoms with van der Waals surface area (Å²) >= 11 is 6.15. The highest BCUT2D eigenvalue weighted by molar-refractivity contribution is 6.30. The van der Waals surface area contributed by atoms with E-state index in [0.717, 1.165) is 43.3 Å². The van der Waals surface area contributed by atoms with E-state index in [9.17, 15) is 4.79 Å².